The molecule has 0 amide bonds. The number of H-pyrrole nitrogens is 1. The number of benzene rings is 1. The van der Waals surface area contributed by atoms with Crippen LogP contribution in [0.2, 0.25) is 0 Å². The van der Waals surface area contributed by atoms with Crippen molar-refractivity contribution in [2.24, 2.45) is 0 Å². The molecule has 3 aromatic heterocycles. The van der Waals surface area contributed by atoms with Crippen LogP contribution in [0.3, 0.4) is 0 Å². The summed E-state index contributed by atoms with van der Waals surface area (Å²) in [6.07, 6.45) is 3.21. The Labute approximate surface area is 139 Å². The molecule has 6 nitrogen and oxygen atoms in total. The monoisotopic (exact) mass is 339 g/mol. The number of pyridine rings is 1. The molecule has 0 atom stereocenters. The normalized spacial score (nSPS) is 11.0. The number of aromatic amines is 1. The van der Waals surface area contributed by atoms with Gasteiger partial charge < -0.3 is 0 Å². The molecule has 4 aromatic rings. The van der Waals surface area contributed by atoms with E-state index in [2.05, 4.69) is 20.1 Å². The molecule has 1 aromatic carbocycles. The largest absolute Gasteiger partial charge is 0.350 e. The van der Waals surface area contributed by atoms with Crippen LogP contribution in [0.25, 0.3) is 16.8 Å². The third kappa shape index (κ3) is 2.67. The van der Waals surface area contributed by atoms with E-state index in [1.54, 1.807) is 24.5 Å². The van der Waals surface area contributed by atoms with Crippen LogP contribution in [0.4, 0.5) is 4.39 Å². The molecular formula is C16H10FN5OS. The third-order valence-electron chi connectivity index (χ3n) is 3.35. The SMILES string of the molecule is O=c1[nH]c(Sc2ccccn2)nc2c(-c3ccc(F)cc3)cnn12. The van der Waals surface area contributed by atoms with E-state index in [4.69, 9.17) is 0 Å². The first-order valence-corrected chi connectivity index (χ1v) is 7.85. The van der Waals surface area contributed by atoms with Crippen LogP contribution in [-0.2, 0) is 0 Å². The molecule has 0 fully saturated rings. The summed E-state index contributed by atoms with van der Waals surface area (Å²) in [6.45, 7) is 0. The minimum atomic E-state index is -0.396. The van der Waals surface area contributed by atoms with Crippen molar-refractivity contribution in [1.29, 1.82) is 0 Å². The average molecular weight is 339 g/mol. The zero-order valence-electron chi connectivity index (χ0n) is 12.2. The highest BCUT2D eigenvalue weighted by molar-refractivity contribution is 7.99. The van der Waals surface area contributed by atoms with Crippen LogP contribution >= 0.6 is 11.8 Å². The fourth-order valence-electron chi connectivity index (χ4n) is 2.25. The second-order valence-electron chi connectivity index (χ2n) is 4.92. The topological polar surface area (TPSA) is 75.9 Å². The van der Waals surface area contributed by atoms with Crippen molar-refractivity contribution in [1.82, 2.24) is 24.6 Å². The van der Waals surface area contributed by atoms with E-state index in [0.717, 1.165) is 5.56 Å². The molecule has 4 rings (SSSR count). The molecule has 3 heterocycles. The van der Waals surface area contributed by atoms with Gasteiger partial charge in [0.15, 0.2) is 10.8 Å². The van der Waals surface area contributed by atoms with Crippen molar-refractivity contribution in [3.8, 4) is 11.1 Å². The first-order valence-electron chi connectivity index (χ1n) is 7.03. The zero-order valence-corrected chi connectivity index (χ0v) is 13.0. The van der Waals surface area contributed by atoms with Gasteiger partial charge in [-0.1, -0.05) is 18.2 Å². The van der Waals surface area contributed by atoms with Gasteiger partial charge in [-0.15, -0.1) is 0 Å². The minimum Gasteiger partial charge on any atom is -0.284 e. The van der Waals surface area contributed by atoms with Crippen LogP contribution in [-0.4, -0.2) is 24.6 Å². The first-order chi connectivity index (χ1) is 11.7. The summed E-state index contributed by atoms with van der Waals surface area (Å²) in [4.78, 5) is 23.5. The number of halogens is 1. The number of fused-ring (bicyclic) bond motifs is 1. The van der Waals surface area contributed by atoms with E-state index in [0.29, 0.717) is 21.4 Å². The number of hydrogen-bond donors (Lipinski definition) is 1. The van der Waals surface area contributed by atoms with Gasteiger partial charge in [0.05, 0.1) is 6.20 Å². The summed E-state index contributed by atoms with van der Waals surface area (Å²) in [6, 6.07) is 11.5. The second-order valence-corrected chi connectivity index (χ2v) is 5.93. The summed E-state index contributed by atoms with van der Waals surface area (Å²) < 4.78 is 14.3. The second kappa shape index (κ2) is 5.89. The van der Waals surface area contributed by atoms with E-state index < -0.39 is 5.69 Å². The highest BCUT2D eigenvalue weighted by Crippen LogP contribution is 2.26. The molecule has 0 aliphatic carbocycles. The summed E-state index contributed by atoms with van der Waals surface area (Å²) in [5, 5.41) is 5.18. The number of rotatable bonds is 3. The number of hydrogen-bond acceptors (Lipinski definition) is 5. The van der Waals surface area contributed by atoms with Crippen molar-refractivity contribution < 1.29 is 4.39 Å². The van der Waals surface area contributed by atoms with Crippen LogP contribution in [0.15, 0.2) is 69.8 Å². The molecule has 8 heteroatoms. The van der Waals surface area contributed by atoms with Gasteiger partial charge in [0, 0.05) is 11.8 Å². The van der Waals surface area contributed by atoms with Gasteiger partial charge in [-0.25, -0.2) is 19.2 Å². The predicted molar refractivity (Wildman–Crippen MR) is 87.4 cm³/mol. The zero-order chi connectivity index (χ0) is 16.5. The Bertz CT molecular complexity index is 1060. The van der Waals surface area contributed by atoms with E-state index in [-0.39, 0.29) is 5.82 Å². The summed E-state index contributed by atoms with van der Waals surface area (Å²) >= 11 is 1.25. The third-order valence-corrected chi connectivity index (χ3v) is 4.19. The van der Waals surface area contributed by atoms with Crippen molar-refractivity contribution >= 4 is 17.4 Å². The van der Waals surface area contributed by atoms with Crippen LogP contribution < -0.4 is 5.69 Å². The van der Waals surface area contributed by atoms with Crippen molar-refractivity contribution in [2.75, 3.05) is 0 Å². The average Bonchev–Trinajstić information content (AvgIpc) is 3.01. The van der Waals surface area contributed by atoms with Gasteiger partial charge in [0.1, 0.15) is 10.8 Å². The molecule has 0 radical (unpaired) electrons. The molecule has 1 N–H and O–H groups in total. The minimum absolute atomic E-state index is 0.326. The van der Waals surface area contributed by atoms with Crippen molar-refractivity contribution in [3.63, 3.8) is 0 Å². The lowest BCUT2D eigenvalue weighted by molar-refractivity contribution is 0.628. The fourth-order valence-corrected chi connectivity index (χ4v) is 2.98. The lowest BCUT2D eigenvalue weighted by Gasteiger charge is -2.02. The quantitative estimate of drug-likeness (QED) is 0.621. The molecule has 118 valence electrons. The Balaban J connectivity index is 1.82. The predicted octanol–water partition coefficient (Wildman–Crippen LogP) is 2.77. The summed E-state index contributed by atoms with van der Waals surface area (Å²) in [7, 11) is 0. The molecule has 0 saturated carbocycles. The Kier molecular flexibility index (Phi) is 3.58. The Hall–Kier alpha value is -3.00. The molecule has 0 spiro atoms. The van der Waals surface area contributed by atoms with Crippen molar-refractivity contribution in [2.45, 2.75) is 10.2 Å². The fraction of sp³-hybridized carbons (Fsp3) is 0. The van der Waals surface area contributed by atoms with Crippen LogP contribution in [0.5, 0.6) is 0 Å². The number of nitrogens with zero attached hydrogens (tertiary/aromatic N) is 4. The maximum Gasteiger partial charge on any atom is 0.350 e. The van der Waals surface area contributed by atoms with Gasteiger partial charge in [0.25, 0.3) is 0 Å². The molecule has 24 heavy (non-hydrogen) atoms. The van der Waals surface area contributed by atoms with Crippen LogP contribution in [0.1, 0.15) is 0 Å². The summed E-state index contributed by atoms with van der Waals surface area (Å²) in [5.74, 6) is -0.326. The Morgan fingerprint density at radius 3 is 2.71 bits per heavy atom. The standard InChI is InChI=1S/C16H10FN5OS/c17-11-6-4-10(5-7-11)12-9-19-22-14(12)20-15(21-16(22)23)24-13-3-1-2-8-18-13/h1-9H,(H,20,21,23). The van der Waals surface area contributed by atoms with Gasteiger partial charge >= 0.3 is 5.69 Å². The molecular weight excluding hydrogens is 329 g/mol. The van der Waals surface area contributed by atoms with E-state index in [1.807, 2.05) is 18.2 Å². The van der Waals surface area contributed by atoms with Crippen LogP contribution in [0, 0.1) is 5.82 Å². The maximum absolute atomic E-state index is 13.1. The lowest BCUT2D eigenvalue weighted by Crippen LogP contribution is -2.19. The van der Waals surface area contributed by atoms with Gasteiger partial charge in [-0.05, 0) is 41.6 Å². The highest BCUT2D eigenvalue weighted by atomic mass is 32.2. The summed E-state index contributed by atoms with van der Waals surface area (Å²) in [5.41, 5.74) is 1.40. The van der Waals surface area contributed by atoms with E-state index in [1.165, 1.54) is 28.4 Å². The molecule has 0 aliphatic rings. The van der Waals surface area contributed by atoms with Gasteiger partial charge in [-0.2, -0.15) is 9.61 Å². The molecule has 0 bridgehead atoms. The molecule has 0 saturated heterocycles. The first kappa shape index (κ1) is 14.6. The van der Waals surface area contributed by atoms with Gasteiger partial charge in [-0.3, -0.25) is 4.98 Å². The maximum atomic E-state index is 13.1. The van der Waals surface area contributed by atoms with E-state index >= 15 is 0 Å². The Morgan fingerprint density at radius 1 is 1.12 bits per heavy atom. The lowest BCUT2D eigenvalue weighted by atomic mass is 10.1. The number of nitrogens with one attached hydrogen (secondary N) is 1. The van der Waals surface area contributed by atoms with E-state index in [9.17, 15) is 9.18 Å². The smallest absolute Gasteiger partial charge is 0.284 e. The Morgan fingerprint density at radius 2 is 1.96 bits per heavy atom. The number of aromatic nitrogens is 5. The highest BCUT2D eigenvalue weighted by Gasteiger charge is 2.13. The van der Waals surface area contributed by atoms with Crippen molar-refractivity contribution in [3.05, 3.63) is 71.2 Å². The van der Waals surface area contributed by atoms with Gasteiger partial charge in [0.2, 0.25) is 0 Å². The molecule has 0 unspecified atom stereocenters. The molecule has 0 aliphatic heterocycles.